The lowest BCUT2D eigenvalue weighted by Gasteiger charge is -2.12. The molecule has 86 valence electrons. The molecule has 15 heavy (non-hydrogen) atoms. The van der Waals surface area contributed by atoms with Crippen LogP contribution in [0.25, 0.3) is 0 Å². The number of nitrogens with one attached hydrogen (secondary N) is 2. The van der Waals surface area contributed by atoms with Crippen molar-refractivity contribution in [3.8, 4) is 0 Å². The van der Waals surface area contributed by atoms with Crippen LogP contribution in [0.3, 0.4) is 0 Å². The van der Waals surface area contributed by atoms with Crippen LogP contribution >= 0.6 is 0 Å². The molecule has 1 unspecified atom stereocenters. The molecule has 1 aromatic rings. The molecule has 0 aliphatic heterocycles. The quantitative estimate of drug-likeness (QED) is 0.725. The molecule has 0 aliphatic rings. The first kappa shape index (κ1) is 12.2. The summed E-state index contributed by atoms with van der Waals surface area (Å²) in [6, 6.07) is 0.486. The Morgan fingerprint density at radius 3 is 2.87 bits per heavy atom. The Kier molecular flexibility index (Phi) is 4.78. The predicted molar refractivity (Wildman–Crippen MR) is 62.8 cm³/mol. The topological polar surface area (TPSA) is 41.9 Å². The molecule has 0 amide bonds. The Labute approximate surface area is 92.1 Å². The van der Waals surface area contributed by atoms with Crippen LogP contribution < -0.4 is 10.6 Å². The summed E-state index contributed by atoms with van der Waals surface area (Å²) >= 11 is 0. The van der Waals surface area contributed by atoms with E-state index in [-0.39, 0.29) is 0 Å². The molecule has 1 atom stereocenters. The van der Waals surface area contributed by atoms with Gasteiger partial charge in [0.1, 0.15) is 0 Å². The van der Waals surface area contributed by atoms with Gasteiger partial charge in [-0.1, -0.05) is 6.92 Å². The second kappa shape index (κ2) is 5.88. The van der Waals surface area contributed by atoms with Gasteiger partial charge < -0.3 is 10.6 Å². The van der Waals surface area contributed by atoms with Gasteiger partial charge in [0.15, 0.2) is 0 Å². The lowest BCUT2D eigenvalue weighted by Crippen LogP contribution is -2.34. The van der Waals surface area contributed by atoms with Gasteiger partial charge in [-0.2, -0.15) is 5.10 Å². The molecule has 0 aromatic carbocycles. The van der Waals surface area contributed by atoms with Gasteiger partial charge in [0.2, 0.25) is 0 Å². The summed E-state index contributed by atoms with van der Waals surface area (Å²) in [5.74, 6) is 0. The van der Waals surface area contributed by atoms with Crippen molar-refractivity contribution < 1.29 is 0 Å². The van der Waals surface area contributed by atoms with Gasteiger partial charge in [0.05, 0.1) is 5.69 Å². The maximum Gasteiger partial charge on any atom is 0.0666 e. The zero-order valence-corrected chi connectivity index (χ0v) is 10.2. The maximum atomic E-state index is 4.41. The number of hydrogen-bond acceptors (Lipinski definition) is 3. The van der Waals surface area contributed by atoms with Crippen LogP contribution in [0.2, 0.25) is 0 Å². The molecular weight excluding hydrogens is 188 g/mol. The summed E-state index contributed by atoms with van der Waals surface area (Å²) in [4.78, 5) is 0. The van der Waals surface area contributed by atoms with Crippen LogP contribution in [-0.4, -0.2) is 29.4 Å². The number of rotatable bonds is 6. The van der Waals surface area contributed by atoms with E-state index >= 15 is 0 Å². The van der Waals surface area contributed by atoms with Gasteiger partial charge >= 0.3 is 0 Å². The van der Waals surface area contributed by atoms with Crippen molar-refractivity contribution in [2.75, 3.05) is 13.6 Å². The summed E-state index contributed by atoms with van der Waals surface area (Å²) in [5, 5.41) is 11.0. The van der Waals surface area contributed by atoms with E-state index in [0.717, 1.165) is 19.5 Å². The van der Waals surface area contributed by atoms with Gasteiger partial charge in [-0.15, -0.1) is 0 Å². The average Bonchev–Trinajstić information content (AvgIpc) is 2.56. The first-order chi connectivity index (χ1) is 7.17. The van der Waals surface area contributed by atoms with Crippen molar-refractivity contribution in [2.24, 2.45) is 7.05 Å². The minimum Gasteiger partial charge on any atom is -0.318 e. The number of aromatic nitrogens is 2. The average molecular weight is 210 g/mol. The fraction of sp³-hybridized carbons (Fsp3) is 0.727. The molecule has 0 saturated carbocycles. The Morgan fingerprint density at radius 1 is 1.53 bits per heavy atom. The molecule has 4 nitrogen and oxygen atoms in total. The third kappa shape index (κ3) is 3.64. The molecule has 1 aromatic heterocycles. The second-order valence-corrected chi connectivity index (χ2v) is 3.97. The molecule has 0 fully saturated rings. The Hall–Kier alpha value is -0.870. The number of nitrogens with zero attached hydrogens (tertiary/aromatic N) is 2. The predicted octanol–water partition coefficient (Wildman–Crippen LogP) is 0.680. The van der Waals surface area contributed by atoms with Gasteiger partial charge in [0, 0.05) is 37.9 Å². The SMILES string of the molecule is CCc1nn(C)cc1CNC(C)CNC. The molecular formula is C11H22N4. The van der Waals surface area contributed by atoms with Crippen LogP contribution in [0.5, 0.6) is 0 Å². The Balaban J connectivity index is 2.49. The number of hydrogen-bond donors (Lipinski definition) is 2. The maximum absolute atomic E-state index is 4.41. The van der Waals surface area contributed by atoms with Crippen LogP contribution in [0.4, 0.5) is 0 Å². The van der Waals surface area contributed by atoms with Crippen LogP contribution in [0, 0.1) is 0 Å². The van der Waals surface area contributed by atoms with Crippen LogP contribution in [0.1, 0.15) is 25.1 Å². The van der Waals surface area contributed by atoms with Crippen LogP contribution in [-0.2, 0) is 20.0 Å². The fourth-order valence-electron chi connectivity index (χ4n) is 1.69. The summed E-state index contributed by atoms with van der Waals surface area (Å²) in [7, 11) is 3.94. The molecule has 0 aliphatic carbocycles. The zero-order chi connectivity index (χ0) is 11.3. The van der Waals surface area contributed by atoms with E-state index in [0.29, 0.717) is 6.04 Å². The highest BCUT2D eigenvalue weighted by Gasteiger charge is 2.06. The first-order valence-electron chi connectivity index (χ1n) is 5.56. The lowest BCUT2D eigenvalue weighted by molar-refractivity contribution is 0.522. The number of aryl methyl sites for hydroxylation is 2. The third-order valence-electron chi connectivity index (χ3n) is 2.48. The van der Waals surface area contributed by atoms with E-state index in [1.807, 2.05) is 18.8 Å². The van der Waals surface area contributed by atoms with E-state index in [9.17, 15) is 0 Å². The van der Waals surface area contributed by atoms with E-state index in [1.165, 1.54) is 11.3 Å². The fourth-order valence-corrected chi connectivity index (χ4v) is 1.69. The summed E-state index contributed by atoms with van der Waals surface area (Å²) in [6.07, 6.45) is 3.09. The van der Waals surface area contributed by atoms with Crippen molar-refractivity contribution in [1.82, 2.24) is 20.4 Å². The van der Waals surface area contributed by atoms with Crippen molar-refractivity contribution in [3.05, 3.63) is 17.5 Å². The molecule has 1 heterocycles. The monoisotopic (exact) mass is 210 g/mol. The number of likely N-dealkylation sites (N-methyl/N-ethyl adjacent to an activating group) is 1. The summed E-state index contributed by atoms with van der Waals surface area (Å²) < 4.78 is 1.89. The van der Waals surface area contributed by atoms with E-state index < -0.39 is 0 Å². The van der Waals surface area contributed by atoms with Gasteiger partial charge in [-0.3, -0.25) is 4.68 Å². The van der Waals surface area contributed by atoms with Crippen LogP contribution in [0.15, 0.2) is 6.20 Å². The Bertz CT molecular complexity index is 293. The highest BCUT2D eigenvalue weighted by molar-refractivity contribution is 5.16. The van der Waals surface area contributed by atoms with Crippen molar-refractivity contribution >= 4 is 0 Å². The second-order valence-electron chi connectivity index (χ2n) is 3.97. The molecule has 0 bridgehead atoms. The van der Waals surface area contributed by atoms with Crippen molar-refractivity contribution in [3.63, 3.8) is 0 Å². The normalized spacial score (nSPS) is 13.1. The highest BCUT2D eigenvalue weighted by atomic mass is 15.3. The summed E-state index contributed by atoms with van der Waals surface area (Å²) in [6.45, 7) is 6.21. The van der Waals surface area contributed by atoms with Gasteiger partial charge in [0.25, 0.3) is 0 Å². The van der Waals surface area contributed by atoms with Crippen molar-refractivity contribution in [2.45, 2.75) is 32.9 Å². The first-order valence-corrected chi connectivity index (χ1v) is 5.56. The summed E-state index contributed by atoms with van der Waals surface area (Å²) in [5.41, 5.74) is 2.50. The standard InChI is InChI=1S/C11H22N4/c1-5-11-10(8-15(4)14-11)7-13-9(2)6-12-3/h8-9,12-13H,5-7H2,1-4H3. The highest BCUT2D eigenvalue weighted by Crippen LogP contribution is 2.06. The molecule has 1 rings (SSSR count). The van der Waals surface area contributed by atoms with E-state index in [1.54, 1.807) is 0 Å². The molecule has 0 spiro atoms. The van der Waals surface area contributed by atoms with E-state index in [4.69, 9.17) is 0 Å². The zero-order valence-electron chi connectivity index (χ0n) is 10.2. The molecule has 0 saturated heterocycles. The van der Waals surface area contributed by atoms with Gasteiger partial charge in [-0.25, -0.2) is 0 Å². The van der Waals surface area contributed by atoms with Crippen molar-refractivity contribution in [1.29, 1.82) is 0 Å². The Morgan fingerprint density at radius 2 is 2.27 bits per heavy atom. The molecule has 2 N–H and O–H groups in total. The minimum absolute atomic E-state index is 0.486. The molecule has 0 radical (unpaired) electrons. The minimum atomic E-state index is 0.486. The lowest BCUT2D eigenvalue weighted by atomic mass is 10.2. The third-order valence-corrected chi connectivity index (χ3v) is 2.48. The molecule has 4 heteroatoms. The van der Waals surface area contributed by atoms with E-state index in [2.05, 4.69) is 35.8 Å². The largest absolute Gasteiger partial charge is 0.318 e. The smallest absolute Gasteiger partial charge is 0.0666 e. The van der Waals surface area contributed by atoms with Gasteiger partial charge in [-0.05, 0) is 20.4 Å².